The molecule has 0 spiro atoms. The Morgan fingerprint density at radius 1 is 1.36 bits per heavy atom. The Morgan fingerprint density at radius 3 is 2.82 bits per heavy atom. The predicted octanol–water partition coefficient (Wildman–Crippen LogP) is 2.31. The molecule has 0 radical (unpaired) electrons. The van der Waals surface area contributed by atoms with Crippen molar-refractivity contribution in [2.75, 3.05) is 26.2 Å². The van der Waals surface area contributed by atoms with E-state index in [-0.39, 0.29) is 11.9 Å². The van der Waals surface area contributed by atoms with E-state index < -0.39 is 0 Å². The number of piperazine rings is 1. The Morgan fingerprint density at radius 2 is 2.14 bits per heavy atom. The number of aromatic nitrogens is 2. The first-order valence-electron chi connectivity index (χ1n) is 7.82. The zero-order valence-electron chi connectivity index (χ0n) is 13.2. The molecule has 22 heavy (non-hydrogen) atoms. The second-order valence-corrected chi connectivity index (χ2v) is 6.06. The summed E-state index contributed by atoms with van der Waals surface area (Å²) < 4.78 is 15.2. The second-order valence-electron chi connectivity index (χ2n) is 6.06. The van der Waals surface area contributed by atoms with Gasteiger partial charge in [0.15, 0.2) is 0 Å². The van der Waals surface area contributed by atoms with Crippen molar-refractivity contribution in [3.63, 3.8) is 0 Å². The summed E-state index contributed by atoms with van der Waals surface area (Å²) in [6.45, 7) is 6.07. The third-order valence-electron chi connectivity index (χ3n) is 4.46. The number of hydrogen-bond acceptors (Lipinski definition) is 3. The number of aryl methyl sites for hydroxylation is 1. The van der Waals surface area contributed by atoms with Crippen LogP contribution in [0.3, 0.4) is 0 Å². The third-order valence-corrected chi connectivity index (χ3v) is 4.46. The van der Waals surface area contributed by atoms with Crippen LogP contribution in [0, 0.1) is 5.82 Å². The van der Waals surface area contributed by atoms with Gasteiger partial charge in [-0.2, -0.15) is 0 Å². The van der Waals surface area contributed by atoms with Gasteiger partial charge in [-0.25, -0.2) is 9.37 Å². The van der Waals surface area contributed by atoms with Crippen LogP contribution in [0.4, 0.5) is 4.39 Å². The van der Waals surface area contributed by atoms with Crippen LogP contribution in [0.1, 0.15) is 30.3 Å². The van der Waals surface area contributed by atoms with Gasteiger partial charge in [0.25, 0.3) is 0 Å². The van der Waals surface area contributed by atoms with Crippen LogP contribution in [-0.4, -0.2) is 40.6 Å². The van der Waals surface area contributed by atoms with Crippen LogP contribution in [0.2, 0.25) is 0 Å². The highest BCUT2D eigenvalue weighted by molar-refractivity contribution is 5.20. The minimum atomic E-state index is -0.177. The van der Waals surface area contributed by atoms with Gasteiger partial charge in [-0.15, -0.1) is 0 Å². The Bertz CT molecular complexity index is 607. The van der Waals surface area contributed by atoms with E-state index in [1.54, 1.807) is 12.1 Å². The van der Waals surface area contributed by atoms with Crippen LogP contribution in [0.15, 0.2) is 36.7 Å². The number of imidazole rings is 1. The topological polar surface area (TPSA) is 33.1 Å². The number of hydrogen-bond donors (Lipinski definition) is 1. The molecule has 1 fully saturated rings. The molecule has 2 aromatic rings. The lowest BCUT2D eigenvalue weighted by Crippen LogP contribution is -2.47. The highest BCUT2D eigenvalue weighted by atomic mass is 19.1. The van der Waals surface area contributed by atoms with E-state index >= 15 is 0 Å². The molecular weight excluding hydrogens is 279 g/mol. The largest absolute Gasteiger partial charge is 0.337 e. The maximum Gasteiger partial charge on any atom is 0.127 e. The van der Waals surface area contributed by atoms with E-state index in [9.17, 15) is 4.39 Å². The Labute approximate surface area is 131 Å². The van der Waals surface area contributed by atoms with Crippen molar-refractivity contribution in [3.8, 4) is 0 Å². The van der Waals surface area contributed by atoms with Crippen LogP contribution in [0.5, 0.6) is 0 Å². The third kappa shape index (κ3) is 3.20. The van der Waals surface area contributed by atoms with Crippen molar-refractivity contribution in [1.82, 2.24) is 19.8 Å². The molecule has 3 rings (SSSR count). The van der Waals surface area contributed by atoms with E-state index in [4.69, 9.17) is 0 Å². The zero-order valence-corrected chi connectivity index (χ0v) is 13.2. The lowest BCUT2D eigenvalue weighted by molar-refractivity contribution is 0.145. The van der Waals surface area contributed by atoms with Gasteiger partial charge in [-0.1, -0.05) is 19.1 Å². The fraction of sp³-hybridized carbons (Fsp3) is 0.471. The number of rotatable bonds is 4. The van der Waals surface area contributed by atoms with Crippen molar-refractivity contribution in [2.24, 2.45) is 7.05 Å². The summed E-state index contributed by atoms with van der Waals surface area (Å²) in [6, 6.07) is 7.15. The number of halogens is 1. The number of benzene rings is 1. The molecule has 1 aliphatic heterocycles. The lowest BCUT2D eigenvalue weighted by Gasteiger charge is -2.37. The summed E-state index contributed by atoms with van der Waals surface area (Å²) in [6.07, 6.45) is 3.84. The van der Waals surface area contributed by atoms with Crippen molar-refractivity contribution in [3.05, 3.63) is 53.9 Å². The van der Waals surface area contributed by atoms with E-state index in [0.717, 1.165) is 32.0 Å². The minimum Gasteiger partial charge on any atom is -0.337 e. The lowest BCUT2D eigenvalue weighted by atomic mass is 9.99. The van der Waals surface area contributed by atoms with Gasteiger partial charge in [0.2, 0.25) is 0 Å². The highest BCUT2D eigenvalue weighted by Crippen LogP contribution is 2.25. The van der Waals surface area contributed by atoms with Gasteiger partial charge >= 0.3 is 0 Å². The van der Waals surface area contributed by atoms with Crippen LogP contribution < -0.4 is 5.32 Å². The average molecular weight is 302 g/mol. The molecule has 1 aromatic heterocycles. The second kappa shape index (κ2) is 6.58. The van der Waals surface area contributed by atoms with E-state index in [1.807, 2.05) is 31.6 Å². The summed E-state index contributed by atoms with van der Waals surface area (Å²) in [4.78, 5) is 6.99. The average Bonchev–Trinajstić information content (AvgIpc) is 2.94. The van der Waals surface area contributed by atoms with E-state index in [2.05, 4.69) is 26.7 Å². The summed E-state index contributed by atoms with van der Waals surface area (Å²) in [5.74, 6) is 1.28. The van der Waals surface area contributed by atoms with Gasteiger partial charge < -0.3 is 9.88 Å². The Hall–Kier alpha value is -1.72. The fourth-order valence-electron chi connectivity index (χ4n) is 3.17. The molecule has 1 N–H and O–H groups in total. The van der Waals surface area contributed by atoms with Gasteiger partial charge in [-0.3, -0.25) is 4.90 Å². The quantitative estimate of drug-likeness (QED) is 0.941. The van der Waals surface area contributed by atoms with Crippen LogP contribution >= 0.6 is 0 Å². The maximum atomic E-state index is 13.1. The van der Waals surface area contributed by atoms with Gasteiger partial charge in [0.05, 0.1) is 6.04 Å². The smallest absolute Gasteiger partial charge is 0.127 e. The molecule has 1 saturated heterocycles. The van der Waals surface area contributed by atoms with Crippen LogP contribution in [0.25, 0.3) is 0 Å². The first-order chi connectivity index (χ1) is 10.6. The van der Waals surface area contributed by atoms with Crippen molar-refractivity contribution < 1.29 is 4.39 Å². The molecule has 0 amide bonds. The molecule has 2 heterocycles. The molecular formula is C17H23FN4. The molecule has 2 unspecified atom stereocenters. The number of nitrogens with one attached hydrogen (secondary N) is 1. The van der Waals surface area contributed by atoms with Crippen molar-refractivity contribution in [2.45, 2.75) is 18.9 Å². The van der Waals surface area contributed by atoms with Crippen molar-refractivity contribution in [1.29, 1.82) is 0 Å². The summed E-state index contributed by atoms with van der Waals surface area (Å²) in [5.41, 5.74) is 1.18. The van der Waals surface area contributed by atoms with Crippen LogP contribution in [-0.2, 0) is 7.05 Å². The van der Waals surface area contributed by atoms with E-state index in [0.29, 0.717) is 5.92 Å². The standard InChI is InChI=1S/C17H23FN4/c1-13(14-3-5-15(18)6-4-14)12-22-10-7-19-11-16(22)17-20-8-9-21(17)2/h3-6,8-9,13,16,19H,7,10-12H2,1-2H3. The Kier molecular flexibility index (Phi) is 4.55. The monoisotopic (exact) mass is 302 g/mol. The summed E-state index contributed by atoms with van der Waals surface area (Å²) >= 11 is 0. The molecule has 1 aliphatic rings. The highest BCUT2D eigenvalue weighted by Gasteiger charge is 2.27. The number of nitrogens with zero attached hydrogens (tertiary/aromatic N) is 3. The zero-order chi connectivity index (χ0) is 15.5. The summed E-state index contributed by atoms with van der Waals surface area (Å²) in [7, 11) is 2.04. The van der Waals surface area contributed by atoms with E-state index in [1.165, 1.54) is 5.56 Å². The molecule has 1 aromatic carbocycles. The Balaban J connectivity index is 1.74. The SMILES string of the molecule is CC(CN1CCNCC1c1nccn1C)c1ccc(F)cc1. The minimum absolute atomic E-state index is 0.177. The molecule has 0 saturated carbocycles. The first kappa shape index (κ1) is 15.2. The molecule has 2 atom stereocenters. The molecule has 4 nitrogen and oxygen atoms in total. The maximum absolute atomic E-state index is 13.1. The van der Waals surface area contributed by atoms with Gasteiger partial charge in [0, 0.05) is 45.6 Å². The first-order valence-corrected chi connectivity index (χ1v) is 7.82. The summed E-state index contributed by atoms with van der Waals surface area (Å²) in [5, 5.41) is 3.46. The van der Waals surface area contributed by atoms with Gasteiger partial charge in [0.1, 0.15) is 11.6 Å². The van der Waals surface area contributed by atoms with Gasteiger partial charge in [-0.05, 0) is 23.6 Å². The molecule has 0 bridgehead atoms. The van der Waals surface area contributed by atoms with Crippen molar-refractivity contribution >= 4 is 0 Å². The molecule has 5 heteroatoms. The normalized spacial score (nSPS) is 21.0. The predicted molar refractivity (Wildman–Crippen MR) is 85.2 cm³/mol. The fourth-order valence-corrected chi connectivity index (χ4v) is 3.17. The molecule has 0 aliphatic carbocycles. The molecule has 118 valence electrons.